The maximum atomic E-state index is 15.1. The van der Waals surface area contributed by atoms with Crippen LogP contribution in [0.3, 0.4) is 0 Å². The van der Waals surface area contributed by atoms with Crippen LogP contribution in [0.2, 0.25) is 5.15 Å². The third-order valence-corrected chi connectivity index (χ3v) is 8.03. The summed E-state index contributed by atoms with van der Waals surface area (Å²) in [5.41, 5.74) is 0.143. The Morgan fingerprint density at radius 3 is 2.69 bits per heavy atom. The number of carbonyl (C=O) groups excluding carboxylic acids is 1. The molecule has 2 saturated heterocycles. The predicted octanol–water partition coefficient (Wildman–Crippen LogP) is 5.07. The van der Waals surface area contributed by atoms with Gasteiger partial charge in [-0.1, -0.05) is 11.6 Å². The number of hydrogen-bond acceptors (Lipinski definition) is 6. The first-order valence-electron chi connectivity index (χ1n) is 10.8. The summed E-state index contributed by atoms with van der Waals surface area (Å²) in [7, 11) is 0. The van der Waals surface area contributed by atoms with Crippen molar-refractivity contribution in [3.63, 3.8) is 0 Å². The molecule has 10 heteroatoms. The fourth-order valence-corrected chi connectivity index (χ4v) is 6.09. The molecule has 0 saturated carbocycles. The van der Waals surface area contributed by atoms with E-state index in [1.807, 2.05) is 39.5 Å². The Kier molecular flexibility index (Phi) is 5.16. The zero-order chi connectivity index (χ0) is 23.1. The fraction of sp³-hybridized carbons (Fsp3) is 0.591. The van der Waals surface area contributed by atoms with Gasteiger partial charge in [-0.2, -0.15) is 4.98 Å². The Morgan fingerprint density at radius 2 is 2.00 bits per heavy atom. The SMILES string of the molecule is Cc1nc2c3c(nc(Cl)c(F)c3c1I)O[C@@H](C)[C@@H]1[C@@H]3CC[C@H](CN21)N3C(=O)OC(C)(C)C. The summed E-state index contributed by atoms with van der Waals surface area (Å²) in [6, 6.07) is -0.293. The molecule has 32 heavy (non-hydrogen) atoms. The summed E-state index contributed by atoms with van der Waals surface area (Å²) in [4.78, 5) is 26.2. The monoisotopic (exact) mass is 574 g/mol. The van der Waals surface area contributed by atoms with Gasteiger partial charge in [0, 0.05) is 15.5 Å². The molecule has 2 fully saturated rings. The van der Waals surface area contributed by atoms with Crippen molar-refractivity contribution in [3.8, 4) is 5.88 Å². The van der Waals surface area contributed by atoms with E-state index < -0.39 is 11.4 Å². The van der Waals surface area contributed by atoms with Crippen LogP contribution in [0.15, 0.2) is 0 Å². The number of nitrogens with zero attached hydrogens (tertiary/aromatic N) is 4. The van der Waals surface area contributed by atoms with Gasteiger partial charge in [0.15, 0.2) is 11.0 Å². The summed E-state index contributed by atoms with van der Waals surface area (Å²) in [6.07, 6.45) is 1.08. The van der Waals surface area contributed by atoms with E-state index in [0.29, 0.717) is 26.7 Å². The number of anilines is 1. The van der Waals surface area contributed by atoms with E-state index in [1.165, 1.54) is 0 Å². The summed E-state index contributed by atoms with van der Waals surface area (Å²) in [5, 5.41) is 0.713. The van der Waals surface area contributed by atoms with Crippen LogP contribution < -0.4 is 9.64 Å². The van der Waals surface area contributed by atoms with Crippen LogP contribution in [0.5, 0.6) is 5.88 Å². The van der Waals surface area contributed by atoms with Gasteiger partial charge in [-0.15, -0.1) is 0 Å². The number of pyridine rings is 2. The lowest BCUT2D eigenvalue weighted by Crippen LogP contribution is -2.65. The minimum atomic E-state index is -0.575. The topological polar surface area (TPSA) is 67.8 Å². The highest BCUT2D eigenvalue weighted by atomic mass is 127. The summed E-state index contributed by atoms with van der Waals surface area (Å²) in [6.45, 7) is 10.0. The number of halogens is 3. The maximum absolute atomic E-state index is 15.1. The molecule has 4 atom stereocenters. The van der Waals surface area contributed by atoms with Gasteiger partial charge in [0.1, 0.15) is 17.5 Å². The lowest BCUT2D eigenvalue weighted by atomic mass is 9.98. The Hall–Kier alpha value is -1.62. The van der Waals surface area contributed by atoms with Gasteiger partial charge >= 0.3 is 6.09 Å². The number of rotatable bonds is 0. The molecule has 2 aromatic rings. The van der Waals surface area contributed by atoms with Crippen LogP contribution in [0.4, 0.5) is 15.0 Å². The molecule has 1 amide bonds. The molecule has 0 aromatic carbocycles. The summed E-state index contributed by atoms with van der Waals surface area (Å²) < 4.78 is 27.8. The summed E-state index contributed by atoms with van der Waals surface area (Å²) in [5.74, 6) is 0.367. The van der Waals surface area contributed by atoms with Gasteiger partial charge in [-0.05, 0) is 70.1 Å². The Labute approximate surface area is 204 Å². The second-order valence-corrected chi connectivity index (χ2v) is 11.2. The molecule has 5 heterocycles. The molecule has 3 aliphatic rings. The minimum absolute atomic E-state index is 0.0126. The van der Waals surface area contributed by atoms with E-state index >= 15 is 4.39 Å². The molecule has 2 bridgehead atoms. The van der Waals surface area contributed by atoms with E-state index in [0.717, 1.165) is 18.5 Å². The highest BCUT2D eigenvalue weighted by Crippen LogP contribution is 2.47. The number of aryl methyl sites for hydroxylation is 1. The summed E-state index contributed by atoms with van der Waals surface area (Å²) >= 11 is 8.24. The highest BCUT2D eigenvalue weighted by molar-refractivity contribution is 14.1. The van der Waals surface area contributed by atoms with Gasteiger partial charge in [0.2, 0.25) is 5.88 Å². The van der Waals surface area contributed by atoms with E-state index in [-0.39, 0.29) is 41.4 Å². The van der Waals surface area contributed by atoms with Gasteiger partial charge in [-0.3, -0.25) is 4.90 Å². The van der Waals surface area contributed by atoms with Gasteiger partial charge in [0.25, 0.3) is 0 Å². The lowest BCUT2D eigenvalue weighted by Gasteiger charge is -2.48. The Morgan fingerprint density at radius 1 is 1.28 bits per heavy atom. The maximum Gasteiger partial charge on any atom is 0.410 e. The smallest absolute Gasteiger partial charge is 0.410 e. The molecule has 3 aliphatic heterocycles. The first kappa shape index (κ1) is 22.2. The number of ether oxygens (including phenoxy) is 2. The number of amides is 1. The number of hydrogen-bond donors (Lipinski definition) is 0. The standard InChI is InChI=1S/C22H25ClFIN4O3/c1-9-16(25)13-14-19(26-9)28-8-11-6-7-12(29(11)21(30)32-22(3,4)5)17(28)10(2)31-20(14)27-18(23)15(13)24/h10-12,17H,6-8H2,1-5H3/t10-,11+,12-,17+/m0/s1. The largest absolute Gasteiger partial charge is 0.472 e. The number of carbonyl (C=O) groups is 1. The van der Waals surface area contributed by atoms with Crippen molar-refractivity contribution in [2.75, 3.05) is 11.4 Å². The third kappa shape index (κ3) is 3.29. The molecular weight excluding hydrogens is 550 g/mol. The molecule has 0 unspecified atom stereocenters. The second-order valence-electron chi connectivity index (χ2n) is 9.76. The molecule has 2 aromatic heterocycles. The van der Waals surface area contributed by atoms with Crippen LogP contribution in [0.1, 0.15) is 46.2 Å². The van der Waals surface area contributed by atoms with Gasteiger partial charge < -0.3 is 14.4 Å². The normalized spacial score (nSPS) is 26.6. The van der Waals surface area contributed by atoms with Crippen LogP contribution in [-0.4, -0.2) is 57.3 Å². The van der Waals surface area contributed by atoms with E-state index in [2.05, 4.69) is 32.5 Å². The van der Waals surface area contributed by atoms with Crippen LogP contribution in [0, 0.1) is 16.3 Å². The van der Waals surface area contributed by atoms with Gasteiger partial charge in [0.05, 0.1) is 29.2 Å². The van der Waals surface area contributed by atoms with Crippen molar-refractivity contribution in [3.05, 3.63) is 20.2 Å². The minimum Gasteiger partial charge on any atom is -0.472 e. The molecule has 0 spiro atoms. The molecule has 172 valence electrons. The first-order chi connectivity index (χ1) is 15.0. The lowest BCUT2D eigenvalue weighted by molar-refractivity contribution is 0.000956. The van der Waals surface area contributed by atoms with Crippen LogP contribution in [0.25, 0.3) is 10.8 Å². The van der Waals surface area contributed by atoms with Crippen molar-refractivity contribution in [2.24, 2.45) is 0 Å². The molecular formula is C22H25ClFIN4O3. The van der Waals surface area contributed by atoms with Crippen molar-refractivity contribution in [1.82, 2.24) is 14.9 Å². The fourth-order valence-electron chi connectivity index (χ4n) is 5.29. The molecule has 5 rings (SSSR count). The van der Waals surface area contributed by atoms with E-state index in [9.17, 15) is 4.79 Å². The van der Waals surface area contributed by atoms with Crippen molar-refractivity contribution in [1.29, 1.82) is 0 Å². The first-order valence-corrected chi connectivity index (χ1v) is 12.2. The van der Waals surface area contributed by atoms with Crippen LogP contribution >= 0.6 is 34.2 Å². The quantitative estimate of drug-likeness (QED) is 0.323. The van der Waals surface area contributed by atoms with E-state index in [4.69, 9.17) is 26.1 Å². The Balaban J connectivity index is 1.66. The Bertz CT molecular complexity index is 1130. The molecule has 0 radical (unpaired) electrons. The molecule has 0 N–H and O–H groups in total. The molecule has 0 aliphatic carbocycles. The van der Waals surface area contributed by atoms with Crippen LogP contribution in [-0.2, 0) is 4.74 Å². The van der Waals surface area contributed by atoms with Crippen molar-refractivity contribution in [2.45, 2.75) is 77.3 Å². The average Bonchev–Trinajstić information content (AvgIpc) is 2.94. The molecule has 7 nitrogen and oxygen atoms in total. The zero-order valence-electron chi connectivity index (χ0n) is 18.6. The van der Waals surface area contributed by atoms with Gasteiger partial charge in [-0.25, -0.2) is 14.2 Å². The predicted molar refractivity (Wildman–Crippen MR) is 128 cm³/mol. The zero-order valence-corrected chi connectivity index (χ0v) is 21.5. The van der Waals surface area contributed by atoms with E-state index in [1.54, 1.807) is 0 Å². The number of piperazine rings is 1. The third-order valence-electron chi connectivity index (χ3n) is 6.46. The number of fused-ring (bicyclic) bond motifs is 5. The average molecular weight is 575 g/mol. The number of aromatic nitrogens is 2. The second kappa shape index (κ2) is 7.44. The van der Waals surface area contributed by atoms with Crippen molar-refractivity contribution < 1.29 is 18.7 Å². The highest BCUT2D eigenvalue weighted by Gasteiger charge is 2.53. The van der Waals surface area contributed by atoms with Crippen molar-refractivity contribution >= 4 is 56.9 Å².